The number of nitrogens with zero attached hydrogens (tertiary/aromatic N) is 3. The Labute approximate surface area is 162 Å². The van der Waals surface area contributed by atoms with Crippen molar-refractivity contribution in [3.8, 4) is 21.3 Å². The fraction of sp³-hybridized carbons (Fsp3) is 0.0526. The number of halogens is 1. The van der Waals surface area contributed by atoms with Crippen molar-refractivity contribution in [1.82, 2.24) is 15.0 Å². The molecular weight excluding hydrogens is 385 g/mol. The third-order valence-corrected chi connectivity index (χ3v) is 5.52. The maximum Gasteiger partial charge on any atom is 0.350 e. The first-order chi connectivity index (χ1) is 13.2. The van der Waals surface area contributed by atoms with Gasteiger partial charge in [-0.25, -0.2) is 19.2 Å². The zero-order valence-electron chi connectivity index (χ0n) is 13.8. The molecule has 5 nitrogen and oxygen atoms in total. The lowest BCUT2D eigenvalue weighted by molar-refractivity contribution is 0.0474. The highest BCUT2D eigenvalue weighted by Crippen LogP contribution is 2.28. The summed E-state index contributed by atoms with van der Waals surface area (Å²) in [5.74, 6) is -0.890. The second-order valence-electron chi connectivity index (χ2n) is 5.44. The lowest BCUT2D eigenvalue weighted by atomic mass is 10.2. The summed E-state index contributed by atoms with van der Waals surface area (Å²) in [6.07, 6.45) is 3.10. The summed E-state index contributed by atoms with van der Waals surface area (Å²) in [5.41, 5.74) is 1.78. The zero-order valence-corrected chi connectivity index (χ0v) is 15.5. The smallest absolute Gasteiger partial charge is 0.350 e. The van der Waals surface area contributed by atoms with Crippen molar-refractivity contribution in [2.45, 2.75) is 6.61 Å². The number of ether oxygens (including phenoxy) is 1. The Morgan fingerprint density at radius 1 is 1.07 bits per heavy atom. The molecule has 0 aliphatic carbocycles. The molecule has 0 bridgehead atoms. The van der Waals surface area contributed by atoms with E-state index in [4.69, 9.17) is 4.74 Å². The molecule has 0 N–H and O–H groups in total. The Hall–Kier alpha value is -2.97. The molecule has 0 fully saturated rings. The second-order valence-corrected chi connectivity index (χ2v) is 7.33. The van der Waals surface area contributed by atoms with Crippen LogP contribution in [0.2, 0.25) is 0 Å². The number of benzene rings is 1. The largest absolute Gasteiger partial charge is 0.455 e. The maximum absolute atomic E-state index is 13.8. The Morgan fingerprint density at radius 2 is 1.93 bits per heavy atom. The highest BCUT2D eigenvalue weighted by Gasteiger charge is 2.16. The molecule has 0 unspecified atom stereocenters. The van der Waals surface area contributed by atoms with Crippen LogP contribution in [0, 0.1) is 5.82 Å². The minimum absolute atomic E-state index is 0.0507. The van der Waals surface area contributed by atoms with E-state index >= 15 is 0 Å². The standard InChI is InChI=1S/C19H12FN3O2S2/c20-14-6-2-1-5-13(14)17-22-9-16(27-17)19(24)25-10-12-11-26-18(23-12)15-7-3-4-8-21-15/h1-9,11H,10H2. The molecule has 3 heterocycles. The normalized spacial score (nSPS) is 10.7. The molecule has 8 heteroatoms. The predicted octanol–water partition coefficient (Wildman–Crippen LogP) is 4.82. The second kappa shape index (κ2) is 7.73. The van der Waals surface area contributed by atoms with Crippen molar-refractivity contribution in [2.75, 3.05) is 0 Å². The van der Waals surface area contributed by atoms with E-state index in [1.54, 1.807) is 24.4 Å². The molecule has 27 heavy (non-hydrogen) atoms. The minimum atomic E-state index is -0.512. The molecule has 0 aliphatic rings. The Bertz CT molecular complexity index is 1080. The summed E-state index contributed by atoms with van der Waals surface area (Å²) in [6.45, 7) is 0.0507. The van der Waals surface area contributed by atoms with E-state index < -0.39 is 5.97 Å². The number of rotatable bonds is 5. The summed E-state index contributed by atoms with van der Waals surface area (Å²) >= 11 is 2.53. The average molecular weight is 397 g/mol. The van der Waals surface area contributed by atoms with Gasteiger partial charge in [0.05, 0.1) is 17.6 Å². The molecule has 1 aromatic carbocycles. The van der Waals surface area contributed by atoms with Gasteiger partial charge in [-0.1, -0.05) is 18.2 Å². The number of hydrogen-bond acceptors (Lipinski definition) is 7. The monoisotopic (exact) mass is 397 g/mol. The number of carbonyl (C=O) groups excluding carboxylic acids is 1. The van der Waals surface area contributed by atoms with E-state index in [2.05, 4.69) is 15.0 Å². The van der Waals surface area contributed by atoms with Gasteiger partial charge < -0.3 is 4.74 Å². The van der Waals surface area contributed by atoms with Crippen LogP contribution in [0.15, 0.2) is 60.2 Å². The topological polar surface area (TPSA) is 65.0 Å². The van der Waals surface area contributed by atoms with Crippen LogP contribution in [-0.2, 0) is 11.3 Å². The van der Waals surface area contributed by atoms with E-state index in [0.717, 1.165) is 22.0 Å². The van der Waals surface area contributed by atoms with E-state index in [-0.39, 0.29) is 12.4 Å². The lowest BCUT2D eigenvalue weighted by Crippen LogP contribution is -2.03. The summed E-state index contributed by atoms with van der Waals surface area (Å²) in [4.78, 5) is 25.4. The molecule has 0 saturated heterocycles. The van der Waals surface area contributed by atoms with Crippen molar-refractivity contribution in [2.24, 2.45) is 0 Å². The van der Waals surface area contributed by atoms with Crippen LogP contribution < -0.4 is 0 Å². The number of esters is 1. The van der Waals surface area contributed by atoms with Gasteiger partial charge in [-0.15, -0.1) is 22.7 Å². The molecule has 0 spiro atoms. The van der Waals surface area contributed by atoms with Gasteiger partial charge in [0.25, 0.3) is 0 Å². The maximum atomic E-state index is 13.8. The molecule has 0 amide bonds. The quantitative estimate of drug-likeness (QED) is 0.452. The summed E-state index contributed by atoms with van der Waals surface area (Å²) in [5, 5.41) is 3.03. The summed E-state index contributed by atoms with van der Waals surface area (Å²) < 4.78 is 19.1. The van der Waals surface area contributed by atoms with Gasteiger partial charge in [-0.05, 0) is 24.3 Å². The first-order valence-corrected chi connectivity index (χ1v) is 9.64. The molecule has 3 aromatic heterocycles. The highest BCUT2D eigenvalue weighted by atomic mass is 32.1. The van der Waals surface area contributed by atoms with Gasteiger partial charge in [-0.2, -0.15) is 0 Å². The van der Waals surface area contributed by atoms with Gasteiger partial charge in [0, 0.05) is 17.1 Å². The number of aromatic nitrogens is 3. The zero-order chi connectivity index (χ0) is 18.6. The van der Waals surface area contributed by atoms with Crippen molar-refractivity contribution < 1.29 is 13.9 Å². The van der Waals surface area contributed by atoms with Gasteiger partial charge in [0.1, 0.15) is 27.3 Å². The van der Waals surface area contributed by atoms with Gasteiger partial charge >= 0.3 is 5.97 Å². The SMILES string of the molecule is O=C(OCc1csc(-c2ccccn2)n1)c1cnc(-c2ccccc2F)s1. The van der Waals surface area contributed by atoms with E-state index in [1.807, 2.05) is 23.6 Å². The Morgan fingerprint density at radius 3 is 2.74 bits per heavy atom. The average Bonchev–Trinajstić information content (AvgIpc) is 3.37. The Balaban J connectivity index is 1.42. The van der Waals surface area contributed by atoms with Crippen molar-refractivity contribution in [3.63, 3.8) is 0 Å². The van der Waals surface area contributed by atoms with Crippen LogP contribution in [0.25, 0.3) is 21.3 Å². The van der Waals surface area contributed by atoms with E-state index in [9.17, 15) is 9.18 Å². The van der Waals surface area contributed by atoms with Crippen molar-refractivity contribution >= 4 is 28.6 Å². The van der Waals surface area contributed by atoms with Crippen LogP contribution in [0.4, 0.5) is 4.39 Å². The first kappa shape index (κ1) is 17.4. The molecule has 0 saturated carbocycles. The number of thiazole rings is 2. The summed E-state index contributed by atoms with van der Waals surface area (Å²) in [6, 6.07) is 11.9. The highest BCUT2D eigenvalue weighted by molar-refractivity contribution is 7.16. The lowest BCUT2D eigenvalue weighted by Gasteiger charge is -2.00. The molecular formula is C19H12FN3O2S2. The van der Waals surface area contributed by atoms with E-state index in [1.165, 1.54) is 23.6 Å². The molecule has 0 atom stereocenters. The Kier molecular flexibility index (Phi) is 4.99. The van der Waals surface area contributed by atoms with E-state index in [0.29, 0.717) is 21.1 Å². The molecule has 134 valence electrons. The third kappa shape index (κ3) is 3.91. The van der Waals surface area contributed by atoms with Crippen LogP contribution >= 0.6 is 22.7 Å². The van der Waals surface area contributed by atoms with Gasteiger partial charge in [0.2, 0.25) is 0 Å². The molecule has 4 aromatic rings. The van der Waals surface area contributed by atoms with Crippen LogP contribution in [0.1, 0.15) is 15.4 Å². The first-order valence-electron chi connectivity index (χ1n) is 7.94. The fourth-order valence-electron chi connectivity index (χ4n) is 2.32. The molecule has 4 rings (SSSR count). The molecule has 0 aliphatic heterocycles. The predicted molar refractivity (Wildman–Crippen MR) is 102 cm³/mol. The van der Waals surface area contributed by atoms with Crippen LogP contribution in [0.5, 0.6) is 0 Å². The number of carbonyl (C=O) groups is 1. The number of hydrogen-bond donors (Lipinski definition) is 0. The van der Waals surface area contributed by atoms with Gasteiger partial charge in [0.15, 0.2) is 0 Å². The van der Waals surface area contributed by atoms with Crippen molar-refractivity contribution in [3.05, 3.63) is 76.6 Å². The summed E-state index contributed by atoms with van der Waals surface area (Å²) in [7, 11) is 0. The number of pyridine rings is 1. The molecule has 0 radical (unpaired) electrons. The minimum Gasteiger partial charge on any atom is -0.455 e. The third-order valence-electron chi connectivity index (χ3n) is 3.60. The van der Waals surface area contributed by atoms with Crippen LogP contribution in [-0.4, -0.2) is 20.9 Å². The van der Waals surface area contributed by atoms with Gasteiger partial charge in [-0.3, -0.25) is 4.98 Å². The van der Waals surface area contributed by atoms with Crippen LogP contribution in [0.3, 0.4) is 0 Å². The van der Waals surface area contributed by atoms with Crippen molar-refractivity contribution in [1.29, 1.82) is 0 Å². The fourth-order valence-corrected chi connectivity index (χ4v) is 3.94.